The molecule has 0 radical (unpaired) electrons. The second-order valence-electron chi connectivity index (χ2n) is 8.46. The van der Waals surface area contributed by atoms with Gasteiger partial charge in [0.25, 0.3) is 5.91 Å². The molecule has 2 N–H and O–H groups in total. The van der Waals surface area contributed by atoms with E-state index in [1.807, 2.05) is 18.2 Å². The van der Waals surface area contributed by atoms with E-state index in [0.29, 0.717) is 12.8 Å². The molecule has 2 fully saturated rings. The van der Waals surface area contributed by atoms with Crippen molar-refractivity contribution in [2.24, 2.45) is 0 Å². The van der Waals surface area contributed by atoms with E-state index in [9.17, 15) is 14.4 Å². The molecule has 2 aliphatic carbocycles. The number of nitrogens with one attached hydrogen (secondary N) is 2. The van der Waals surface area contributed by atoms with Crippen LogP contribution in [-0.2, 0) is 22.4 Å². The molecule has 4 rings (SSSR count). The van der Waals surface area contributed by atoms with Crippen molar-refractivity contribution in [2.75, 3.05) is 6.54 Å². The van der Waals surface area contributed by atoms with Crippen LogP contribution in [0.4, 0.5) is 4.79 Å². The van der Waals surface area contributed by atoms with Crippen LogP contribution in [0.15, 0.2) is 24.3 Å². The van der Waals surface area contributed by atoms with Crippen molar-refractivity contribution in [1.82, 2.24) is 15.5 Å². The Bertz CT molecular complexity index is 770. The van der Waals surface area contributed by atoms with Crippen LogP contribution >= 0.6 is 0 Å². The lowest BCUT2D eigenvalue weighted by Gasteiger charge is -2.32. The highest BCUT2D eigenvalue weighted by Gasteiger charge is 2.52. The lowest BCUT2D eigenvalue weighted by Crippen LogP contribution is -2.51. The molecule has 1 aliphatic heterocycles. The summed E-state index contributed by atoms with van der Waals surface area (Å²) < 4.78 is 0. The smallest absolute Gasteiger partial charge is 0.325 e. The van der Waals surface area contributed by atoms with Gasteiger partial charge < -0.3 is 10.6 Å². The molecule has 1 saturated heterocycles. The Morgan fingerprint density at radius 2 is 1.75 bits per heavy atom. The van der Waals surface area contributed by atoms with E-state index in [2.05, 4.69) is 16.7 Å². The molecule has 1 spiro atoms. The van der Waals surface area contributed by atoms with Crippen LogP contribution in [-0.4, -0.2) is 40.9 Å². The molecule has 4 amide bonds. The number of rotatable bonds is 3. The van der Waals surface area contributed by atoms with Crippen molar-refractivity contribution in [1.29, 1.82) is 0 Å². The van der Waals surface area contributed by atoms with E-state index in [-0.39, 0.29) is 24.4 Å². The minimum atomic E-state index is -0.897. The summed E-state index contributed by atoms with van der Waals surface area (Å²) in [5, 5.41) is 5.94. The topological polar surface area (TPSA) is 78.5 Å². The number of aryl methyl sites for hydroxylation is 1. The maximum Gasteiger partial charge on any atom is 0.325 e. The van der Waals surface area contributed by atoms with Crippen LogP contribution in [0.25, 0.3) is 0 Å². The molecule has 0 aromatic heterocycles. The van der Waals surface area contributed by atoms with Crippen LogP contribution < -0.4 is 10.6 Å². The highest BCUT2D eigenvalue weighted by molar-refractivity contribution is 6.09. The summed E-state index contributed by atoms with van der Waals surface area (Å²) in [6, 6.07) is 7.75. The third kappa shape index (κ3) is 3.77. The predicted molar refractivity (Wildman–Crippen MR) is 106 cm³/mol. The minimum Gasteiger partial charge on any atom is -0.352 e. The van der Waals surface area contributed by atoms with Gasteiger partial charge in [-0.1, -0.05) is 56.4 Å². The van der Waals surface area contributed by atoms with Gasteiger partial charge in [0.1, 0.15) is 12.1 Å². The van der Waals surface area contributed by atoms with E-state index < -0.39 is 11.6 Å². The average molecular weight is 383 g/mol. The molecule has 6 heteroatoms. The number of carbonyl (C=O) groups is 3. The number of fused-ring (bicyclic) bond motifs is 1. The number of hydrogen-bond acceptors (Lipinski definition) is 3. The van der Waals surface area contributed by atoms with Gasteiger partial charge >= 0.3 is 6.03 Å². The molecule has 1 unspecified atom stereocenters. The third-order valence-corrected chi connectivity index (χ3v) is 6.45. The Labute approximate surface area is 166 Å². The molecule has 28 heavy (non-hydrogen) atoms. The SMILES string of the molecule is O=C(CN1C(=O)NC2(CCc3ccccc3C2)C1=O)NC1CCCCCCC1. The Kier molecular flexibility index (Phi) is 5.38. The van der Waals surface area contributed by atoms with Crippen LogP contribution in [0.5, 0.6) is 0 Å². The van der Waals surface area contributed by atoms with Gasteiger partial charge in [0.15, 0.2) is 0 Å². The zero-order valence-electron chi connectivity index (χ0n) is 16.3. The summed E-state index contributed by atoms with van der Waals surface area (Å²) in [6.07, 6.45) is 9.72. The van der Waals surface area contributed by atoms with Gasteiger partial charge in [-0.05, 0) is 36.8 Å². The maximum atomic E-state index is 13.1. The molecule has 1 heterocycles. The first-order chi connectivity index (χ1) is 13.6. The molecular formula is C22H29N3O3. The Hall–Kier alpha value is -2.37. The number of nitrogens with zero attached hydrogens (tertiary/aromatic N) is 1. The van der Waals surface area contributed by atoms with Gasteiger partial charge in [0.2, 0.25) is 5.91 Å². The quantitative estimate of drug-likeness (QED) is 0.788. The minimum absolute atomic E-state index is 0.157. The highest BCUT2D eigenvalue weighted by atomic mass is 16.2. The molecular weight excluding hydrogens is 354 g/mol. The zero-order valence-corrected chi connectivity index (χ0v) is 16.3. The van der Waals surface area contributed by atoms with Crippen molar-refractivity contribution in [3.8, 4) is 0 Å². The normalized spacial score (nSPS) is 25.8. The van der Waals surface area contributed by atoms with Crippen LogP contribution in [0.1, 0.15) is 62.5 Å². The Balaban J connectivity index is 1.40. The van der Waals surface area contributed by atoms with Crippen LogP contribution in [0.2, 0.25) is 0 Å². The van der Waals surface area contributed by atoms with E-state index >= 15 is 0 Å². The monoisotopic (exact) mass is 383 g/mol. The van der Waals surface area contributed by atoms with Crippen molar-refractivity contribution in [3.05, 3.63) is 35.4 Å². The fourth-order valence-electron chi connectivity index (χ4n) is 4.86. The van der Waals surface area contributed by atoms with Crippen LogP contribution in [0, 0.1) is 0 Å². The van der Waals surface area contributed by atoms with Crippen LogP contribution in [0.3, 0.4) is 0 Å². The molecule has 0 bridgehead atoms. The number of hydrogen-bond donors (Lipinski definition) is 2. The van der Waals surface area contributed by atoms with Crippen molar-refractivity contribution >= 4 is 17.8 Å². The van der Waals surface area contributed by atoms with Gasteiger partial charge in [0.05, 0.1) is 0 Å². The summed E-state index contributed by atoms with van der Waals surface area (Å²) in [4.78, 5) is 39.3. The lowest BCUT2D eigenvalue weighted by molar-refractivity contribution is -0.135. The van der Waals surface area contributed by atoms with E-state index in [4.69, 9.17) is 0 Å². The second kappa shape index (κ2) is 7.94. The van der Waals surface area contributed by atoms with Crippen molar-refractivity contribution in [3.63, 3.8) is 0 Å². The van der Waals surface area contributed by atoms with Gasteiger partial charge in [-0.2, -0.15) is 0 Å². The lowest BCUT2D eigenvalue weighted by atomic mass is 9.78. The van der Waals surface area contributed by atoms with E-state index in [1.165, 1.54) is 24.8 Å². The van der Waals surface area contributed by atoms with E-state index in [0.717, 1.165) is 42.6 Å². The summed E-state index contributed by atoms with van der Waals surface area (Å²) in [5.74, 6) is -0.498. The standard InChI is InChI=1S/C22H29N3O3/c26-19(23-18-10-4-2-1-3-5-11-18)15-25-20(27)22(24-21(25)28)13-12-16-8-6-7-9-17(16)14-22/h6-9,18H,1-5,10-15H2,(H,23,26)(H,24,28). The number of imide groups is 1. The maximum absolute atomic E-state index is 13.1. The number of carbonyl (C=O) groups excluding carboxylic acids is 3. The molecule has 150 valence electrons. The first-order valence-electron chi connectivity index (χ1n) is 10.6. The van der Waals surface area contributed by atoms with Gasteiger partial charge in [-0.15, -0.1) is 0 Å². The fraction of sp³-hybridized carbons (Fsp3) is 0.591. The first-order valence-corrected chi connectivity index (χ1v) is 10.6. The van der Waals surface area contributed by atoms with Crippen molar-refractivity contribution < 1.29 is 14.4 Å². The second-order valence-corrected chi connectivity index (χ2v) is 8.46. The zero-order chi connectivity index (χ0) is 19.6. The van der Waals surface area contributed by atoms with Gasteiger partial charge in [-0.3, -0.25) is 14.5 Å². The molecule has 1 atom stereocenters. The number of benzene rings is 1. The molecule has 3 aliphatic rings. The molecule has 1 saturated carbocycles. The molecule has 1 aromatic carbocycles. The summed E-state index contributed by atoms with van der Waals surface area (Å²) in [6.45, 7) is -0.190. The number of amides is 4. The first kappa shape index (κ1) is 19.0. The third-order valence-electron chi connectivity index (χ3n) is 6.45. The summed E-state index contributed by atoms with van der Waals surface area (Å²) in [5.41, 5.74) is 1.44. The van der Waals surface area contributed by atoms with E-state index in [1.54, 1.807) is 0 Å². The van der Waals surface area contributed by atoms with Gasteiger partial charge in [0, 0.05) is 12.5 Å². The molecule has 6 nitrogen and oxygen atoms in total. The Morgan fingerprint density at radius 1 is 1.07 bits per heavy atom. The highest BCUT2D eigenvalue weighted by Crippen LogP contribution is 2.33. The largest absolute Gasteiger partial charge is 0.352 e. The van der Waals surface area contributed by atoms with Gasteiger partial charge in [-0.25, -0.2) is 4.79 Å². The Morgan fingerprint density at radius 3 is 2.50 bits per heavy atom. The summed E-state index contributed by atoms with van der Waals surface area (Å²) >= 11 is 0. The summed E-state index contributed by atoms with van der Waals surface area (Å²) in [7, 11) is 0. The molecule has 1 aromatic rings. The fourth-order valence-corrected chi connectivity index (χ4v) is 4.86. The van der Waals surface area contributed by atoms with Crippen molar-refractivity contribution in [2.45, 2.75) is 75.8 Å². The average Bonchev–Trinajstić information content (AvgIpc) is 2.88. The number of urea groups is 1. The predicted octanol–water partition coefficient (Wildman–Crippen LogP) is 2.70.